The summed E-state index contributed by atoms with van der Waals surface area (Å²) in [6, 6.07) is 12.3. The van der Waals surface area contributed by atoms with Gasteiger partial charge in [0, 0.05) is 24.7 Å². The van der Waals surface area contributed by atoms with Crippen molar-refractivity contribution in [3.63, 3.8) is 0 Å². The Balaban J connectivity index is 2.00. The van der Waals surface area contributed by atoms with Crippen molar-refractivity contribution in [2.24, 2.45) is 5.92 Å². The Kier molecular flexibility index (Phi) is 7.49. The van der Waals surface area contributed by atoms with Crippen molar-refractivity contribution in [1.82, 2.24) is 5.32 Å². The Morgan fingerprint density at radius 1 is 0.963 bits per heavy atom. The van der Waals surface area contributed by atoms with E-state index in [1.54, 1.807) is 32.4 Å². The Bertz CT molecular complexity index is 720. The van der Waals surface area contributed by atoms with Crippen molar-refractivity contribution in [3.8, 4) is 23.0 Å². The van der Waals surface area contributed by atoms with Gasteiger partial charge in [0.2, 0.25) is 0 Å². The summed E-state index contributed by atoms with van der Waals surface area (Å²) in [4.78, 5) is 11.3. The van der Waals surface area contributed by atoms with Crippen LogP contribution in [0, 0.1) is 5.92 Å². The largest absolute Gasteiger partial charge is 0.496 e. The average molecular weight is 373 g/mol. The molecule has 0 amide bonds. The summed E-state index contributed by atoms with van der Waals surface area (Å²) in [5.74, 6) is 2.07. The lowest BCUT2D eigenvalue weighted by atomic mass is 10.0. The number of hydrogen-bond donors (Lipinski definition) is 2. The number of hydrogen-bond acceptors (Lipinski definition) is 5. The highest BCUT2D eigenvalue weighted by Gasteiger charge is 2.17. The predicted octanol–water partition coefficient (Wildman–Crippen LogP) is 4.09. The Morgan fingerprint density at radius 2 is 1.52 bits per heavy atom. The van der Waals surface area contributed by atoms with Crippen molar-refractivity contribution >= 4 is 5.97 Å². The van der Waals surface area contributed by atoms with Crippen molar-refractivity contribution in [2.75, 3.05) is 14.2 Å². The maximum absolute atomic E-state index is 11.3. The molecule has 0 spiro atoms. The number of nitrogens with one attached hydrogen (secondary N) is 1. The van der Waals surface area contributed by atoms with Crippen LogP contribution in [0.2, 0.25) is 0 Å². The molecule has 0 aliphatic rings. The van der Waals surface area contributed by atoms with Crippen molar-refractivity contribution in [1.29, 1.82) is 0 Å². The summed E-state index contributed by atoms with van der Waals surface area (Å²) in [6.07, 6.45) is 0.591. The van der Waals surface area contributed by atoms with Crippen LogP contribution < -0.4 is 19.5 Å². The Hall–Kier alpha value is -2.73. The van der Waals surface area contributed by atoms with E-state index >= 15 is 0 Å². The molecular formula is C21H27NO5. The molecule has 0 heterocycles. The minimum atomic E-state index is -0.823. The van der Waals surface area contributed by atoms with Gasteiger partial charge in [0.25, 0.3) is 0 Å². The van der Waals surface area contributed by atoms with Gasteiger partial charge in [-0.25, -0.2) is 0 Å². The van der Waals surface area contributed by atoms with Crippen molar-refractivity contribution in [3.05, 3.63) is 48.0 Å². The number of benzene rings is 2. The first-order valence-electron chi connectivity index (χ1n) is 8.87. The molecule has 0 radical (unpaired) electrons. The number of carboxylic acid groups (broad SMARTS) is 1. The average Bonchev–Trinajstić information content (AvgIpc) is 2.65. The molecular weight excluding hydrogens is 346 g/mol. The fourth-order valence-corrected chi connectivity index (χ4v) is 2.64. The fourth-order valence-electron chi connectivity index (χ4n) is 2.64. The molecule has 27 heavy (non-hydrogen) atoms. The fraction of sp³-hybridized carbons (Fsp3) is 0.381. The van der Waals surface area contributed by atoms with E-state index in [2.05, 4.69) is 5.32 Å². The lowest BCUT2D eigenvalue weighted by Crippen LogP contribution is -2.37. The standard InChI is InChI=1S/C21H27NO5/c1-14(2)9-20(21(23)24)22-13-15-5-7-16(8-6-15)27-19-11-17(25-3)10-18(12-19)26-4/h5-8,10-12,14,20,22H,9,13H2,1-4H3,(H,23,24)/t20-/m1/s1. The summed E-state index contributed by atoms with van der Waals surface area (Å²) in [6.45, 7) is 4.51. The smallest absolute Gasteiger partial charge is 0.320 e. The third-order valence-electron chi connectivity index (χ3n) is 4.04. The zero-order valence-corrected chi connectivity index (χ0v) is 16.2. The molecule has 0 saturated heterocycles. The van der Waals surface area contributed by atoms with Gasteiger partial charge in [-0.3, -0.25) is 4.79 Å². The quantitative estimate of drug-likeness (QED) is 0.653. The van der Waals surface area contributed by atoms with Gasteiger partial charge in [0.1, 0.15) is 29.0 Å². The molecule has 0 aromatic heterocycles. The Labute approximate surface area is 160 Å². The van der Waals surface area contributed by atoms with Crippen LogP contribution in [0.4, 0.5) is 0 Å². The summed E-state index contributed by atoms with van der Waals surface area (Å²) in [5.41, 5.74) is 0.987. The van der Waals surface area contributed by atoms with Gasteiger partial charge in [0.05, 0.1) is 14.2 Å². The lowest BCUT2D eigenvalue weighted by molar-refractivity contribution is -0.140. The molecule has 0 aliphatic carbocycles. The van der Waals surface area contributed by atoms with E-state index in [9.17, 15) is 9.90 Å². The first kappa shape index (κ1) is 20.6. The molecule has 0 fully saturated rings. The van der Waals surface area contributed by atoms with Crippen LogP contribution in [0.25, 0.3) is 0 Å². The second-order valence-corrected chi connectivity index (χ2v) is 6.70. The number of rotatable bonds is 10. The van der Waals surface area contributed by atoms with Gasteiger partial charge in [-0.2, -0.15) is 0 Å². The minimum Gasteiger partial charge on any atom is -0.496 e. The van der Waals surface area contributed by atoms with Crippen LogP contribution in [-0.2, 0) is 11.3 Å². The first-order chi connectivity index (χ1) is 12.9. The second kappa shape index (κ2) is 9.83. The minimum absolute atomic E-state index is 0.314. The normalized spacial score (nSPS) is 11.9. The van der Waals surface area contributed by atoms with E-state index < -0.39 is 12.0 Å². The van der Waals surface area contributed by atoms with Gasteiger partial charge in [0.15, 0.2) is 0 Å². The number of aliphatic carboxylic acids is 1. The molecule has 1 atom stereocenters. The molecule has 0 bridgehead atoms. The topological polar surface area (TPSA) is 77.0 Å². The molecule has 146 valence electrons. The van der Waals surface area contributed by atoms with E-state index in [4.69, 9.17) is 14.2 Å². The van der Waals surface area contributed by atoms with E-state index in [1.807, 2.05) is 38.1 Å². The molecule has 2 rings (SSSR count). The molecule has 0 aliphatic heterocycles. The first-order valence-corrected chi connectivity index (χ1v) is 8.87. The molecule has 6 nitrogen and oxygen atoms in total. The number of carboxylic acids is 1. The summed E-state index contributed by atoms with van der Waals surface area (Å²) < 4.78 is 16.3. The molecule has 2 N–H and O–H groups in total. The van der Waals surface area contributed by atoms with Crippen LogP contribution in [0.1, 0.15) is 25.8 Å². The third-order valence-corrected chi connectivity index (χ3v) is 4.04. The molecule has 2 aromatic rings. The van der Waals surface area contributed by atoms with E-state index in [1.165, 1.54) is 0 Å². The van der Waals surface area contributed by atoms with Gasteiger partial charge in [-0.05, 0) is 30.0 Å². The highest BCUT2D eigenvalue weighted by atomic mass is 16.5. The van der Waals surface area contributed by atoms with Crippen LogP contribution in [-0.4, -0.2) is 31.3 Å². The molecule has 6 heteroatoms. The summed E-state index contributed by atoms with van der Waals surface area (Å²) in [5, 5.41) is 12.4. The van der Waals surface area contributed by atoms with Crippen LogP contribution in [0.5, 0.6) is 23.0 Å². The lowest BCUT2D eigenvalue weighted by Gasteiger charge is -2.16. The SMILES string of the molecule is COc1cc(OC)cc(Oc2ccc(CN[C@H](CC(C)C)C(=O)O)cc2)c1. The van der Waals surface area contributed by atoms with Crippen LogP contribution in [0.15, 0.2) is 42.5 Å². The zero-order chi connectivity index (χ0) is 19.8. The third kappa shape index (κ3) is 6.49. The van der Waals surface area contributed by atoms with Gasteiger partial charge in [-0.15, -0.1) is 0 Å². The number of carbonyl (C=O) groups is 1. The summed E-state index contributed by atoms with van der Waals surface area (Å²) >= 11 is 0. The van der Waals surface area contributed by atoms with Crippen LogP contribution >= 0.6 is 0 Å². The van der Waals surface area contributed by atoms with E-state index in [0.29, 0.717) is 41.9 Å². The molecule has 2 aromatic carbocycles. The number of ether oxygens (including phenoxy) is 3. The monoisotopic (exact) mass is 373 g/mol. The van der Waals surface area contributed by atoms with Crippen molar-refractivity contribution in [2.45, 2.75) is 32.9 Å². The maximum Gasteiger partial charge on any atom is 0.320 e. The highest BCUT2D eigenvalue weighted by Crippen LogP contribution is 2.30. The number of methoxy groups -OCH3 is 2. The zero-order valence-electron chi connectivity index (χ0n) is 16.2. The van der Waals surface area contributed by atoms with Crippen molar-refractivity contribution < 1.29 is 24.1 Å². The van der Waals surface area contributed by atoms with Gasteiger partial charge < -0.3 is 24.6 Å². The van der Waals surface area contributed by atoms with E-state index in [-0.39, 0.29) is 0 Å². The van der Waals surface area contributed by atoms with Gasteiger partial charge >= 0.3 is 5.97 Å². The van der Waals surface area contributed by atoms with Gasteiger partial charge in [-0.1, -0.05) is 26.0 Å². The predicted molar refractivity (Wildman–Crippen MR) is 104 cm³/mol. The summed E-state index contributed by atoms with van der Waals surface area (Å²) in [7, 11) is 3.17. The highest BCUT2D eigenvalue weighted by molar-refractivity contribution is 5.73. The van der Waals surface area contributed by atoms with E-state index in [0.717, 1.165) is 5.56 Å². The Morgan fingerprint density at radius 3 is 2.00 bits per heavy atom. The van der Waals surface area contributed by atoms with Crippen LogP contribution in [0.3, 0.4) is 0 Å². The molecule has 0 unspecified atom stereocenters. The maximum atomic E-state index is 11.3. The second-order valence-electron chi connectivity index (χ2n) is 6.70. The molecule has 0 saturated carbocycles.